The molecular weight excluding hydrogens is 283 g/mol. The molecule has 0 saturated carbocycles. The summed E-state index contributed by atoms with van der Waals surface area (Å²) in [4.78, 5) is 15.5. The Hall–Kier alpha value is -2.28. The topological polar surface area (TPSA) is 76.1 Å². The average molecular weight is 294 g/mol. The number of hydrogen-bond acceptors (Lipinski definition) is 4. The van der Waals surface area contributed by atoms with Crippen molar-refractivity contribution in [1.82, 2.24) is 4.98 Å². The van der Waals surface area contributed by atoms with Gasteiger partial charge in [-0.3, -0.25) is 4.79 Å². The molecule has 20 heavy (non-hydrogen) atoms. The van der Waals surface area contributed by atoms with Gasteiger partial charge in [0.1, 0.15) is 5.82 Å². The molecule has 0 spiro atoms. The first kappa shape index (κ1) is 14.1. The number of nitrogens with one attached hydrogen (secondary N) is 1. The fourth-order valence-electron chi connectivity index (χ4n) is 1.52. The van der Waals surface area contributed by atoms with Crippen LogP contribution in [0.1, 0.15) is 10.4 Å². The van der Waals surface area contributed by atoms with Crippen molar-refractivity contribution in [3.05, 3.63) is 54.0 Å². The molecule has 0 radical (unpaired) electrons. The molecule has 1 aromatic heterocycles. The number of pyridine rings is 1. The van der Waals surface area contributed by atoms with Gasteiger partial charge >= 0.3 is 0 Å². The van der Waals surface area contributed by atoms with Crippen molar-refractivity contribution in [3.63, 3.8) is 0 Å². The van der Waals surface area contributed by atoms with E-state index in [1.165, 1.54) is 36.4 Å². The summed E-state index contributed by atoms with van der Waals surface area (Å²) >= 11 is 0. The van der Waals surface area contributed by atoms with Crippen molar-refractivity contribution in [3.8, 4) is 0 Å². The number of hydrogen-bond donors (Lipinski definition) is 1. The normalized spacial score (nSPS) is 11.1. The SMILES string of the molecule is CS(=O)(=O)c1ccc(C(=O)Nc2cccc(F)n2)cc1. The first-order valence-corrected chi connectivity index (χ1v) is 7.49. The lowest BCUT2D eigenvalue weighted by Crippen LogP contribution is -2.13. The average Bonchev–Trinajstić information content (AvgIpc) is 2.38. The highest BCUT2D eigenvalue weighted by molar-refractivity contribution is 7.90. The minimum atomic E-state index is -3.30. The van der Waals surface area contributed by atoms with Crippen molar-refractivity contribution in [1.29, 1.82) is 0 Å². The molecule has 0 unspecified atom stereocenters. The number of amides is 1. The van der Waals surface area contributed by atoms with E-state index in [4.69, 9.17) is 0 Å². The van der Waals surface area contributed by atoms with Gasteiger partial charge in [0.05, 0.1) is 4.90 Å². The Morgan fingerprint density at radius 1 is 1.15 bits per heavy atom. The zero-order valence-corrected chi connectivity index (χ0v) is 11.3. The van der Waals surface area contributed by atoms with E-state index in [9.17, 15) is 17.6 Å². The summed E-state index contributed by atoms with van der Waals surface area (Å²) in [5, 5.41) is 2.42. The van der Waals surface area contributed by atoms with E-state index < -0.39 is 21.7 Å². The number of nitrogens with zero attached hydrogens (tertiary/aromatic N) is 1. The molecule has 0 aliphatic heterocycles. The van der Waals surface area contributed by atoms with Gasteiger partial charge in [-0.2, -0.15) is 4.39 Å². The number of anilines is 1. The molecule has 0 aliphatic rings. The lowest BCUT2D eigenvalue weighted by Gasteiger charge is -2.05. The highest BCUT2D eigenvalue weighted by Crippen LogP contribution is 2.12. The van der Waals surface area contributed by atoms with Gasteiger partial charge in [0.2, 0.25) is 5.95 Å². The van der Waals surface area contributed by atoms with Gasteiger partial charge in [0.25, 0.3) is 5.91 Å². The Kier molecular flexibility index (Phi) is 3.80. The summed E-state index contributed by atoms with van der Waals surface area (Å²) in [6, 6.07) is 9.47. The monoisotopic (exact) mass is 294 g/mol. The number of halogens is 1. The van der Waals surface area contributed by atoms with E-state index in [0.29, 0.717) is 0 Å². The Morgan fingerprint density at radius 2 is 1.80 bits per heavy atom. The Morgan fingerprint density at radius 3 is 2.35 bits per heavy atom. The van der Waals surface area contributed by atoms with Crippen LogP contribution in [-0.2, 0) is 9.84 Å². The summed E-state index contributed by atoms with van der Waals surface area (Å²) in [5.41, 5.74) is 0.253. The third-order valence-electron chi connectivity index (χ3n) is 2.50. The van der Waals surface area contributed by atoms with Crippen LogP contribution >= 0.6 is 0 Å². The molecule has 1 aromatic carbocycles. The number of rotatable bonds is 3. The Labute approximate surface area is 115 Å². The van der Waals surface area contributed by atoms with Crippen LogP contribution in [-0.4, -0.2) is 25.6 Å². The van der Waals surface area contributed by atoms with Crippen molar-refractivity contribution < 1.29 is 17.6 Å². The molecule has 0 aliphatic carbocycles. The van der Waals surface area contributed by atoms with Crippen LogP contribution in [0.2, 0.25) is 0 Å². The maximum atomic E-state index is 12.9. The first-order valence-electron chi connectivity index (χ1n) is 5.60. The van der Waals surface area contributed by atoms with Gasteiger partial charge in [-0.05, 0) is 36.4 Å². The molecule has 2 aromatic rings. The van der Waals surface area contributed by atoms with Crippen LogP contribution in [0.3, 0.4) is 0 Å². The van der Waals surface area contributed by atoms with E-state index >= 15 is 0 Å². The second-order valence-corrected chi connectivity index (χ2v) is 6.11. The van der Waals surface area contributed by atoms with Gasteiger partial charge in [-0.15, -0.1) is 0 Å². The van der Waals surface area contributed by atoms with Crippen LogP contribution in [0.4, 0.5) is 10.2 Å². The van der Waals surface area contributed by atoms with Crippen LogP contribution in [0.5, 0.6) is 0 Å². The van der Waals surface area contributed by atoms with Crippen LogP contribution in [0.15, 0.2) is 47.4 Å². The molecule has 0 bridgehead atoms. The van der Waals surface area contributed by atoms with Crippen molar-refractivity contribution in [2.75, 3.05) is 11.6 Å². The molecule has 1 heterocycles. The first-order chi connectivity index (χ1) is 9.36. The zero-order valence-electron chi connectivity index (χ0n) is 10.5. The highest BCUT2D eigenvalue weighted by Gasteiger charge is 2.10. The minimum absolute atomic E-state index is 0.0854. The van der Waals surface area contributed by atoms with Gasteiger partial charge in [0, 0.05) is 11.8 Å². The second kappa shape index (κ2) is 5.38. The second-order valence-electron chi connectivity index (χ2n) is 4.10. The maximum Gasteiger partial charge on any atom is 0.256 e. The lowest BCUT2D eigenvalue weighted by atomic mass is 10.2. The van der Waals surface area contributed by atoms with E-state index in [1.807, 2.05) is 0 Å². The van der Waals surface area contributed by atoms with Crippen molar-refractivity contribution in [2.24, 2.45) is 0 Å². The van der Waals surface area contributed by atoms with E-state index in [1.54, 1.807) is 0 Å². The summed E-state index contributed by atoms with van der Waals surface area (Å²) in [7, 11) is -3.30. The van der Waals surface area contributed by atoms with E-state index in [-0.39, 0.29) is 16.3 Å². The van der Waals surface area contributed by atoms with E-state index in [0.717, 1.165) is 12.3 Å². The standard InChI is InChI=1S/C13H11FN2O3S/c1-20(18,19)10-7-5-9(6-8-10)13(17)16-12-4-2-3-11(14)15-12/h2-8H,1H3,(H,15,16,17). The van der Waals surface area contributed by atoms with Crippen LogP contribution < -0.4 is 5.32 Å². The van der Waals surface area contributed by atoms with E-state index in [2.05, 4.69) is 10.3 Å². The summed E-state index contributed by atoms with van der Waals surface area (Å²) < 4.78 is 35.5. The largest absolute Gasteiger partial charge is 0.306 e. The molecule has 104 valence electrons. The maximum absolute atomic E-state index is 12.9. The lowest BCUT2D eigenvalue weighted by molar-refractivity contribution is 0.102. The molecule has 5 nitrogen and oxygen atoms in total. The third-order valence-corrected chi connectivity index (χ3v) is 3.63. The summed E-state index contributed by atoms with van der Waals surface area (Å²) in [6.07, 6.45) is 1.08. The molecule has 1 N–H and O–H groups in total. The van der Waals surface area contributed by atoms with Crippen LogP contribution in [0, 0.1) is 5.95 Å². The fraction of sp³-hybridized carbons (Fsp3) is 0.0769. The minimum Gasteiger partial charge on any atom is -0.306 e. The van der Waals surface area contributed by atoms with Crippen molar-refractivity contribution >= 4 is 21.6 Å². The summed E-state index contributed by atoms with van der Waals surface area (Å²) in [5.74, 6) is -1.11. The van der Waals surface area contributed by atoms with Crippen molar-refractivity contribution in [2.45, 2.75) is 4.90 Å². The Balaban J connectivity index is 2.18. The molecule has 2 rings (SSSR count). The molecule has 0 atom stereocenters. The quantitative estimate of drug-likeness (QED) is 0.877. The molecule has 0 saturated heterocycles. The molecule has 0 fully saturated rings. The summed E-state index contributed by atoms with van der Waals surface area (Å²) in [6.45, 7) is 0. The van der Waals surface area contributed by atoms with Gasteiger partial charge in [-0.1, -0.05) is 6.07 Å². The highest BCUT2D eigenvalue weighted by atomic mass is 32.2. The van der Waals surface area contributed by atoms with Gasteiger partial charge in [-0.25, -0.2) is 13.4 Å². The number of benzene rings is 1. The number of carbonyl (C=O) groups excluding carboxylic acids is 1. The Bertz CT molecular complexity index is 742. The van der Waals surface area contributed by atoms with Gasteiger partial charge < -0.3 is 5.32 Å². The van der Waals surface area contributed by atoms with Crippen LogP contribution in [0.25, 0.3) is 0 Å². The molecule has 1 amide bonds. The zero-order chi connectivity index (χ0) is 14.8. The third kappa shape index (κ3) is 3.39. The fourth-order valence-corrected chi connectivity index (χ4v) is 2.15. The predicted octanol–water partition coefficient (Wildman–Crippen LogP) is 1.88. The van der Waals surface area contributed by atoms with Gasteiger partial charge in [0.15, 0.2) is 9.84 Å². The number of aromatic nitrogens is 1. The number of sulfone groups is 1. The predicted molar refractivity (Wildman–Crippen MR) is 71.7 cm³/mol. The smallest absolute Gasteiger partial charge is 0.256 e. The number of carbonyl (C=O) groups is 1. The molecular formula is C13H11FN2O3S. The molecule has 7 heteroatoms.